The first kappa shape index (κ1) is 19.7. The Kier molecular flexibility index (Phi) is 6.47. The normalized spacial score (nSPS) is 12.0. The summed E-state index contributed by atoms with van der Waals surface area (Å²) in [6.07, 6.45) is 1.80. The average molecular weight is 385 g/mol. The molecule has 0 aliphatic heterocycles. The third-order valence-corrected chi connectivity index (χ3v) is 5.90. The zero-order valence-corrected chi connectivity index (χ0v) is 16.3. The number of sulfonamides is 1. The van der Waals surface area contributed by atoms with Gasteiger partial charge in [-0.2, -0.15) is 0 Å². The average Bonchev–Trinajstić information content (AvgIpc) is 2.93. The van der Waals surface area contributed by atoms with E-state index in [4.69, 9.17) is 5.14 Å². The number of amides is 1. The predicted octanol–water partition coefficient (Wildman–Crippen LogP) is 2.10. The predicted molar refractivity (Wildman–Crippen MR) is 100 cm³/mol. The number of thioether (sulfide) groups is 1. The standard InChI is InChI=1S/C16H24N4O3S2/c1-4-11(5-2)18-15(21)10-24-16-19-13-9-12(25(17,22)23)7-8-14(13)20(16)6-3/h7-9,11H,4-6,10H2,1-3H3,(H,18,21)(H2,17,22,23). The van der Waals surface area contributed by atoms with Gasteiger partial charge in [0, 0.05) is 12.6 Å². The van der Waals surface area contributed by atoms with Crippen molar-refractivity contribution in [2.45, 2.75) is 56.3 Å². The van der Waals surface area contributed by atoms with Crippen molar-refractivity contribution in [2.75, 3.05) is 5.75 Å². The molecule has 3 N–H and O–H groups in total. The smallest absolute Gasteiger partial charge is 0.238 e. The molecule has 0 fully saturated rings. The number of fused-ring (bicyclic) bond motifs is 1. The van der Waals surface area contributed by atoms with Gasteiger partial charge in [-0.05, 0) is 38.0 Å². The Morgan fingerprint density at radius 3 is 2.56 bits per heavy atom. The van der Waals surface area contributed by atoms with Gasteiger partial charge in [0.1, 0.15) is 0 Å². The lowest BCUT2D eigenvalue weighted by molar-refractivity contribution is -0.119. The third-order valence-electron chi connectivity index (χ3n) is 4.01. The van der Waals surface area contributed by atoms with E-state index in [0.29, 0.717) is 17.2 Å². The van der Waals surface area contributed by atoms with E-state index in [1.165, 1.54) is 23.9 Å². The van der Waals surface area contributed by atoms with Crippen molar-refractivity contribution >= 4 is 38.7 Å². The van der Waals surface area contributed by atoms with Crippen LogP contribution in [0, 0.1) is 0 Å². The lowest BCUT2D eigenvalue weighted by atomic mass is 10.2. The van der Waals surface area contributed by atoms with E-state index in [1.54, 1.807) is 6.07 Å². The molecule has 0 aliphatic rings. The number of nitrogens with zero attached hydrogens (tertiary/aromatic N) is 2. The van der Waals surface area contributed by atoms with E-state index in [9.17, 15) is 13.2 Å². The fraction of sp³-hybridized carbons (Fsp3) is 0.500. The minimum absolute atomic E-state index is 0.0290. The van der Waals surface area contributed by atoms with Gasteiger partial charge in [-0.3, -0.25) is 4.79 Å². The zero-order valence-electron chi connectivity index (χ0n) is 14.7. The molecule has 1 aromatic carbocycles. The van der Waals surface area contributed by atoms with Crippen LogP contribution in [0.25, 0.3) is 11.0 Å². The van der Waals surface area contributed by atoms with E-state index in [0.717, 1.165) is 18.4 Å². The first-order valence-electron chi connectivity index (χ1n) is 8.25. The summed E-state index contributed by atoms with van der Waals surface area (Å²) in [6.45, 7) is 6.73. The molecule has 1 aromatic heterocycles. The third kappa shape index (κ3) is 4.74. The molecule has 0 unspecified atom stereocenters. The summed E-state index contributed by atoms with van der Waals surface area (Å²) >= 11 is 1.34. The Bertz CT molecular complexity index is 858. The fourth-order valence-corrected chi connectivity index (χ4v) is 4.00. The van der Waals surface area contributed by atoms with Crippen LogP contribution in [0.3, 0.4) is 0 Å². The minimum atomic E-state index is -3.77. The van der Waals surface area contributed by atoms with E-state index < -0.39 is 10.0 Å². The van der Waals surface area contributed by atoms with Crippen molar-refractivity contribution < 1.29 is 13.2 Å². The van der Waals surface area contributed by atoms with E-state index in [2.05, 4.69) is 10.3 Å². The monoisotopic (exact) mass is 384 g/mol. The van der Waals surface area contributed by atoms with Crippen LogP contribution in [-0.4, -0.2) is 35.7 Å². The van der Waals surface area contributed by atoms with Crippen molar-refractivity contribution in [3.8, 4) is 0 Å². The maximum Gasteiger partial charge on any atom is 0.238 e. The molecule has 0 radical (unpaired) electrons. The molecule has 1 heterocycles. The maximum absolute atomic E-state index is 12.1. The molecule has 0 bridgehead atoms. The van der Waals surface area contributed by atoms with Crippen LogP contribution in [-0.2, 0) is 21.4 Å². The quantitative estimate of drug-likeness (QED) is 0.678. The Hall–Kier alpha value is -1.58. The van der Waals surface area contributed by atoms with Gasteiger partial charge in [0.05, 0.1) is 21.7 Å². The highest BCUT2D eigenvalue weighted by Gasteiger charge is 2.16. The number of hydrogen-bond acceptors (Lipinski definition) is 5. The second-order valence-electron chi connectivity index (χ2n) is 5.70. The SMILES string of the molecule is CCC(CC)NC(=O)CSc1nc2cc(S(N)(=O)=O)ccc2n1CC. The second-order valence-corrected chi connectivity index (χ2v) is 8.21. The number of aryl methyl sites for hydroxylation is 1. The molecular formula is C16H24N4O3S2. The second kappa shape index (κ2) is 8.20. The molecule has 25 heavy (non-hydrogen) atoms. The van der Waals surface area contributed by atoms with Gasteiger partial charge in [0.25, 0.3) is 0 Å². The molecule has 1 amide bonds. The van der Waals surface area contributed by atoms with Crippen molar-refractivity contribution in [3.63, 3.8) is 0 Å². The summed E-state index contributed by atoms with van der Waals surface area (Å²) in [5.41, 5.74) is 1.37. The number of carbonyl (C=O) groups excluding carboxylic acids is 1. The highest BCUT2D eigenvalue weighted by atomic mass is 32.2. The summed E-state index contributed by atoms with van der Waals surface area (Å²) in [5.74, 6) is 0.237. The number of primary sulfonamides is 1. The Morgan fingerprint density at radius 2 is 2.00 bits per heavy atom. The molecule has 7 nitrogen and oxygen atoms in total. The Balaban J connectivity index is 2.22. The van der Waals surface area contributed by atoms with Crippen LogP contribution in [0.15, 0.2) is 28.3 Å². The van der Waals surface area contributed by atoms with Gasteiger partial charge in [-0.25, -0.2) is 18.5 Å². The van der Waals surface area contributed by atoms with Gasteiger partial charge < -0.3 is 9.88 Å². The first-order valence-corrected chi connectivity index (χ1v) is 10.8. The van der Waals surface area contributed by atoms with Crippen molar-refractivity contribution in [1.82, 2.24) is 14.9 Å². The lowest BCUT2D eigenvalue weighted by Gasteiger charge is -2.14. The summed E-state index contributed by atoms with van der Waals surface area (Å²) in [7, 11) is -3.77. The molecule has 0 saturated heterocycles. The van der Waals surface area contributed by atoms with Crippen LogP contribution < -0.4 is 10.5 Å². The number of rotatable bonds is 8. The van der Waals surface area contributed by atoms with Gasteiger partial charge in [0.15, 0.2) is 5.16 Å². The molecule has 0 spiro atoms. The number of imidazole rings is 1. The number of nitrogens with two attached hydrogens (primary N) is 1. The summed E-state index contributed by atoms with van der Waals surface area (Å²) in [6, 6.07) is 4.82. The van der Waals surface area contributed by atoms with E-state index >= 15 is 0 Å². The summed E-state index contributed by atoms with van der Waals surface area (Å²) in [4.78, 5) is 16.6. The zero-order chi connectivity index (χ0) is 18.6. The van der Waals surface area contributed by atoms with Gasteiger partial charge in [0.2, 0.25) is 15.9 Å². The topological polar surface area (TPSA) is 107 Å². The molecule has 2 rings (SSSR count). The van der Waals surface area contributed by atoms with Crippen molar-refractivity contribution in [2.24, 2.45) is 5.14 Å². The van der Waals surface area contributed by atoms with Crippen molar-refractivity contribution in [1.29, 1.82) is 0 Å². The highest BCUT2D eigenvalue weighted by Crippen LogP contribution is 2.25. The molecule has 0 atom stereocenters. The highest BCUT2D eigenvalue weighted by molar-refractivity contribution is 7.99. The lowest BCUT2D eigenvalue weighted by Crippen LogP contribution is -2.35. The number of benzene rings is 1. The van der Waals surface area contributed by atoms with E-state index in [1.807, 2.05) is 25.3 Å². The number of aromatic nitrogens is 2. The van der Waals surface area contributed by atoms with Crippen LogP contribution >= 0.6 is 11.8 Å². The molecule has 0 aliphatic carbocycles. The van der Waals surface area contributed by atoms with Crippen molar-refractivity contribution in [3.05, 3.63) is 18.2 Å². The molecular weight excluding hydrogens is 360 g/mol. The molecule has 2 aromatic rings. The largest absolute Gasteiger partial charge is 0.353 e. The van der Waals surface area contributed by atoms with Gasteiger partial charge in [-0.15, -0.1) is 0 Å². The van der Waals surface area contributed by atoms with Crippen LogP contribution in [0.5, 0.6) is 0 Å². The van der Waals surface area contributed by atoms with Crippen LogP contribution in [0.2, 0.25) is 0 Å². The number of carbonyl (C=O) groups is 1. The minimum Gasteiger partial charge on any atom is -0.353 e. The Morgan fingerprint density at radius 1 is 1.32 bits per heavy atom. The van der Waals surface area contributed by atoms with Gasteiger partial charge in [-0.1, -0.05) is 25.6 Å². The van der Waals surface area contributed by atoms with Crippen LogP contribution in [0.1, 0.15) is 33.6 Å². The number of nitrogens with one attached hydrogen (secondary N) is 1. The molecule has 0 saturated carbocycles. The summed E-state index contributed by atoms with van der Waals surface area (Å²) in [5, 5.41) is 8.85. The maximum atomic E-state index is 12.1. The van der Waals surface area contributed by atoms with Gasteiger partial charge >= 0.3 is 0 Å². The molecule has 138 valence electrons. The Labute approximate surface area is 152 Å². The van der Waals surface area contributed by atoms with Crippen LogP contribution in [0.4, 0.5) is 0 Å². The van der Waals surface area contributed by atoms with E-state index in [-0.39, 0.29) is 22.6 Å². The fourth-order valence-electron chi connectivity index (χ4n) is 2.57. The first-order chi connectivity index (χ1) is 11.8. The molecule has 9 heteroatoms. The summed E-state index contributed by atoms with van der Waals surface area (Å²) < 4.78 is 25.0. The number of hydrogen-bond donors (Lipinski definition) is 2.